The van der Waals surface area contributed by atoms with Crippen LogP contribution in [0.3, 0.4) is 0 Å². The summed E-state index contributed by atoms with van der Waals surface area (Å²) in [5.74, 6) is 0. The van der Waals surface area contributed by atoms with Gasteiger partial charge in [-0.3, -0.25) is 0 Å². The van der Waals surface area contributed by atoms with Crippen molar-refractivity contribution >= 4 is 44.0 Å². The predicted molar refractivity (Wildman–Crippen MR) is 204 cm³/mol. The van der Waals surface area contributed by atoms with Crippen molar-refractivity contribution in [1.29, 1.82) is 0 Å². The van der Waals surface area contributed by atoms with E-state index in [1.165, 1.54) is 22.3 Å². The molecule has 0 aliphatic rings. The lowest BCUT2D eigenvalue weighted by molar-refractivity contribution is 0.667. The molecule has 0 unspecified atom stereocenters. The lowest BCUT2D eigenvalue weighted by atomic mass is 9.97. The Kier molecular flexibility index (Phi) is 6.46. The Morgan fingerprint density at radius 2 is 0.900 bits per heavy atom. The molecule has 10 rings (SSSR count). The highest BCUT2D eigenvalue weighted by atomic mass is 16.3. The standard InChI is InChI=1S/C46H28N2O2/c1-2-9-29(10-3-1)32-11-6-12-33(25-32)30-19-21-31(22-20-30)34-23-24-42-40(27-34)44-46(50-42)43(47-28-48-44)36-14-7-13-35(26-36)37-16-8-17-39-38-15-4-5-18-41(38)49-45(37)39/h1-28H. The van der Waals surface area contributed by atoms with Crippen LogP contribution in [-0.2, 0) is 0 Å². The molecule has 0 aliphatic carbocycles. The van der Waals surface area contributed by atoms with E-state index in [2.05, 4.69) is 133 Å². The van der Waals surface area contributed by atoms with Crippen LogP contribution in [0.4, 0.5) is 0 Å². The number of aromatic nitrogens is 2. The number of hydrogen-bond donors (Lipinski definition) is 0. The van der Waals surface area contributed by atoms with E-state index in [0.29, 0.717) is 5.58 Å². The summed E-state index contributed by atoms with van der Waals surface area (Å²) in [6.45, 7) is 0. The minimum atomic E-state index is 0.674. The second-order valence-electron chi connectivity index (χ2n) is 12.6. The zero-order valence-electron chi connectivity index (χ0n) is 26.9. The highest BCUT2D eigenvalue weighted by molar-refractivity contribution is 6.10. The van der Waals surface area contributed by atoms with Gasteiger partial charge in [0.25, 0.3) is 0 Å². The van der Waals surface area contributed by atoms with Gasteiger partial charge >= 0.3 is 0 Å². The summed E-state index contributed by atoms with van der Waals surface area (Å²) in [6, 6.07) is 57.1. The molecule has 0 saturated carbocycles. The quantitative estimate of drug-likeness (QED) is 0.188. The Hall–Kier alpha value is -6.78. The molecule has 0 N–H and O–H groups in total. The van der Waals surface area contributed by atoms with E-state index in [9.17, 15) is 0 Å². The molecule has 0 bridgehead atoms. The second-order valence-corrected chi connectivity index (χ2v) is 12.6. The number of para-hydroxylation sites is 2. The lowest BCUT2D eigenvalue weighted by Gasteiger charge is -2.08. The monoisotopic (exact) mass is 640 g/mol. The molecule has 0 atom stereocenters. The first-order valence-electron chi connectivity index (χ1n) is 16.7. The summed E-state index contributed by atoms with van der Waals surface area (Å²) in [7, 11) is 0. The molecule has 0 radical (unpaired) electrons. The molecular weight excluding hydrogens is 613 g/mol. The molecule has 10 aromatic rings. The van der Waals surface area contributed by atoms with Gasteiger partial charge in [0.05, 0.1) is 0 Å². The van der Waals surface area contributed by atoms with Crippen molar-refractivity contribution in [2.45, 2.75) is 0 Å². The van der Waals surface area contributed by atoms with Crippen LogP contribution in [0.2, 0.25) is 0 Å². The van der Waals surface area contributed by atoms with Gasteiger partial charge in [-0.1, -0.05) is 133 Å². The zero-order valence-corrected chi connectivity index (χ0v) is 26.9. The van der Waals surface area contributed by atoms with Crippen LogP contribution in [0.1, 0.15) is 0 Å². The molecule has 0 amide bonds. The first-order chi connectivity index (χ1) is 24.8. The molecular formula is C46H28N2O2. The van der Waals surface area contributed by atoms with Gasteiger partial charge in [-0.15, -0.1) is 0 Å². The number of furan rings is 2. The van der Waals surface area contributed by atoms with Crippen molar-refractivity contribution in [3.63, 3.8) is 0 Å². The summed E-state index contributed by atoms with van der Waals surface area (Å²) in [4.78, 5) is 9.42. The lowest BCUT2D eigenvalue weighted by Crippen LogP contribution is -1.88. The molecule has 4 heteroatoms. The van der Waals surface area contributed by atoms with E-state index < -0.39 is 0 Å². The molecule has 4 nitrogen and oxygen atoms in total. The number of fused-ring (bicyclic) bond motifs is 6. The van der Waals surface area contributed by atoms with Crippen LogP contribution < -0.4 is 0 Å². The third-order valence-electron chi connectivity index (χ3n) is 9.62. The number of nitrogens with zero attached hydrogens (tertiary/aromatic N) is 2. The molecule has 50 heavy (non-hydrogen) atoms. The average Bonchev–Trinajstić information content (AvgIpc) is 3.77. The Balaban J connectivity index is 1.00. The number of rotatable bonds is 5. The van der Waals surface area contributed by atoms with Gasteiger partial charge in [0.1, 0.15) is 34.3 Å². The van der Waals surface area contributed by atoms with E-state index in [-0.39, 0.29) is 0 Å². The van der Waals surface area contributed by atoms with Gasteiger partial charge < -0.3 is 8.83 Å². The van der Waals surface area contributed by atoms with E-state index in [4.69, 9.17) is 18.8 Å². The van der Waals surface area contributed by atoms with E-state index in [0.717, 1.165) is 71.9 Å². The normalized spacial score (nSPS) is 11.6. The topological polar surface area (TPSA) is 52.1 Å². The van der Waals surface area contributed by atoms with Crippen LogP contribution in [0.25, 0.3) is 99.8 Å². The Morgan fingerprint density at radius 3 is 1.72 bits per heavy atom. The minimum Gasteiger partial charge on any atom is -0.455 e. The van der Waals surface area contributed by atoms with Crippen molar-refractivity contribution in [1.82, 2.24) is 9.97 Å². The molecule has 7 aromatic carbocycles. The highest BCUT2D eigenvalue weighted by Gasteiger charge is 2.18. The SMILES string of the molecule is c1ccc(-c2cccc(-c3ccc(-c4ccc5oc6c(-c7cccc(-c8cccc9c8oc8ccccc89)c7)ncnc6c5c4)cc3)c2)cc1. The van der Waals surface area contributed by atoms with Crippen LogP contribution >= 0.6 is 0 Å². The van der Waals surface area contributed by atoms with E-state index in [1.807, 2.05) is 30.3 Å². The van der Waals surface area contributed by atoms with Crippen LogP contribution in [0.5, 0.6) is 0 Å². The summed E-state index contributed by atoms with van der Waals surface area (Å²) >= 11 is 0. The van der Waals surface area contributed by atoms with Crippen LogP contribution in [0, 0.1) is 0 Å². The molecule has 0 spiro atoms. The maximum atomic E-state index is 6.47. The molecule has 3 aromatic heterocycles. The predicted octanol–water partition coefficient (Wildman–Crippen LogP) is 12.6. The Morgan fingerprint density at radius 1 is 0.340 bits per heavy atom. The summed E-state index contributed by atoms with van der Waals surface area (Å²) in [5, 5.41) is 3.18. The fourth-order valence-corrected chi connectivity index (χ4v) is 7.13. The fourth-order valence-electron chi connectivity index (χ4n) is 7.13. The van der Waals surface area contributed by atoms with Crippen molar-refractivity contribution in [2.75, 3.05) is 0 Å². The summed E-state index contributed by atoms with van der Waals surface area (Å²) < 4.78 is 12.8. The third kappa shape index (κ3) is 4.69. The largest absolute Gasteiger partial charge is 0.455 e. The fraction of sp³-hybridized carbons (Fsp3) is 0. The maximum Gasteiger partial charge on any atom is 0.180 e. The number of benzene rings is 7. The van der Waals surface area contributed by atoms with Crippen LogP contribution in [-0.4, -0.2) is 9.97 Å². The highest BCUT2D eigenvalue weighted by Crippen LogP contribution is 2.39. The molecule has 3 heterocycles. The van der Waals surface area contributed by atoms with Crippen molar-refractivity contribution in [3.8, 4) is 55.8 Å². The minimum absolute atomic E-state index is 0.674. The van der Waals surface area contributed by atoms with E-state index >= 15 is 0 Å². The van der Waals surface area contributed by atoms with Gasteiger partial charge in [-0.25, -0.2) is 9.97 Å². The molecule has 234 valence electrons. The zero-order chi connectivity index (χ0) is 33.0. The second kappa shape index (κ2) is 11.4. The van der Waals surface area contributed by atoms with Crippen LogP contribution in [0.15, 0.2) is 179 Å². The summed E-state index contributed by atoms with van der Waals surface area (Å²) in [5.41, 5.74) is 14.8. The maximum absolute atomic E-state index is 6.47. The van der Waals surface area contributed by atoms with Gasteiger partial charge in [0.15, 0.2) is 5.58 Å². The Labute approximate surface area is 287 Å². The van der Waals surface area contributed by atoms with Crippen molar-refractivity contribution in [2.24, 2.45) is 0 Å². The van der Waals surface area contributed by atoms with E-state index in [1.54, 1.807) is 6.33 Å². The smallest absolute Gasteiger partial charge is 0.180 e. The first-order valence-corrected chi connectivity index (χ1v) is 16.7. The third-order valence-corrected chi connectivity index (χ3v) is 9.62. The molecule has 0 saturated heterocycles. The number of hydrogen-bond acceptors (Lipinski definition) is 4. The van der Waals surface area contributed by atoms with Gasteiger partial charge in [0, 0.05) is 27.3 Å². The van der Waals surface area contributed by atoms with Gasteiger partial charge in [0.2, 0.25) is 0 Å². The first kappa shape index (κ1) is 28.3. The Bertz CT molecular complexity index is 2860. The van der Waals surface area contributed by atoms with Gasteiger partial charge in [-0.05, 0) is 69.3 Å². The van der Waals surface area contributed by atoms with Crippen molar-refractivity contribution < 1.29 is 8.83 Å². The molecule has 0 fully saturated rings. The summed E-state index contributed by atoms with van der Waals surface area (Å²) in [6.07, 6.45) is 1.63. The molecule has 0 aliphatic heterocycles. The van der Waals surface area contributed by atoms with Gasteiger partial charge in [-0.2, -0.15) is 0 Å². The van der Waals surface area contributed by atoms with Crippen molar-refractivity contribution in [3.05, 3.63) is 170 Å². The average molecular weight is 641 g/mol.